The van der Waals surface area contributed by atoms with Gasteiger partial charge in [-0.1, -0.05) is 234 Å². The summed E-state index contributed by atoms with van der Waals surface area (Å²) in [6, 6.07) is 115. The highest BCUT2D eigenvalue weighted by molar-refractivity contribution is 6.20. The molecule has 18 rings (SSSR count). The predicted octanol–water partition coefficient (Wildman–Crippen LogP) is 25.4. The maximum absolute atomic E-state index is 6.79. The van der Waals surface area contributed by atoms with Gasteiger partial charge in [0.1, 0.15) is 22.3 Å². The van der Waals surface area contributed by atoms with Gasteiger partial charge in [-0.3, -0.25) is 0 Å². The smallest absolute Gasteiger partial charge is 0.136 e. The van der Waals surface area contributed by atoms with E-state index in [1.807, 2.05) is 0 Å². The highest BCUT2D eigenvalue weighted by Crippen LogP contribution is 2.55. The lowest BCUT2D eigenvalue weighted by Crippen LogP contribution is -2.16. The van der Waals surface area contributed by atoms with Crippen molar-refractivity contribution in [3.05, 3.63) is 338 Å². The minimum Gasteiger partial charge on any atom is -0.456 e. The lowest BCUT2D eigenvalue weighted by Gasteiger charge is -2.28. The first-order valence-corrected chi connectivity index (χ1v) is 32.6. The Morgan fingerprint density at radius 3 is 0.915 bits per heavy atom. The number of fused-ring (bicyclic) bond motifs is 12. The summed E-state index contributed by atoms with van der Waals surface area (Å²) < 4.78 is 13.6. The Morgan fingerprint density at radius 2 is 0.521 bits per heavy atom. The van der Waals surface area contributed by atoms with Crippen LogP contribution in [0.25, 0.3) is 122 Å². The SMILES string of the molecule is CC1(C)c2ccccc2-c2ccc(N(c3ccc(-c4ccccc4)cc3)c3ccc(-c4c(-c5ccc6oc7ccccc7c6c5-c5ccc(N(c6ccc(-c7ccccc7)cc6)c6ccc7c(c6)C(C)(C)c6ccccc6-7)cc5)ccc5oc6ccccc6c45)cc3)cc21. The second kappa shape index (κ2) is 21.4. The van der Waals surface area contributed by atoms with E-state index < -0.39 is 0 Å². The Hall–Kier alpha value is -11.7. The molecule has 16 aromatic rings. The van der Waals surface area contributed by atoms with E-state index in [4.69, 9.17) is 8.83 Å². The van der Waals surface area contributed by atoms with Crippen LogP contribution in [0.15, 0.2) is 324 Å². The van der Waals surface area contributed by atoms with Crippen LogP contribution >= 0.6 is 0 Å². The Balaban J connectivity index is 0.801. The zero-order chi connectivity index (χ0) is 62.8. The summed E-state index contributed by atoms with van der Waals surface area (Å²) >= 11 is 0. The van der Waals surface area contributed by atoms with Crippen molar-refractivity contribution >= 4 is 78.0 Å². The molecular weight excluding hydrogens is 1140 g/mol. The minimum atomic E-state index is -0.173. The molecule has 0 atom stereocenters. The summed E-state index contributed by atoms with van der Waals surface area (Å²) in [7, 11) is 0. The molecule has 4 heteroatoms. The van der Waals surface area contributed by atoms with Gasteiger partial charge in [-0.15, -0.1) is 0 Å². The van der Waals surface area contributed by atoms with Crippen molar-refractivity contribution in [2.75, 3.05) is 9.80 Å². The third-order valence-electron chi connectivity index (χ3n) is 20.3. The van der Waals surface area contributed by atoms with Crippen molar-refractivity contribution in [1.82, 2.24) is 0 Å². The van der Waals surface area contributed by atoms with Crippen molar-refractivity contribution < 1.29 is 8.83 Å². The molecule has 2 aliphatic carbocycles. The third-order valence-corrected chi connectivity index (χ3v) is 20.3. The van der Waals surface area contributed by atoms with Crippen LogP contribution in [0.4, 0.5) is 34.1 Å². The van der Waals surface area contributed by atoms with E-state index in [0.29, 0.717) is 0 Å². The van der Waals surface area contributed by atoms with Gasteiger partial charge >= 0.3 is 0 Å². The maximum atomic E-state index is 6.79. The molecule has 0 saturated carbocycles. The number of para-hydroxylation sites is 2. The summed E-state index contributed by atoms with van der Waals surface area (Å²) in [6.45, 7) is 9.43. The molecule has 94 heavy (non-hydrogen) atoms. The normalized spacial score (nSPS) is 13.3. The van der Waals surface area contributed by atoms with Gasteiger partial charge in [0, 0.05) is 77.6 Å². The van der Waals surface area contributed by atoms with Crippen LogP contribution in [0.2, 0.25) is 0 Å². The largest absolute Gasteiger partial charge is 0.456 e. The highest BCUT2D eigenvalue weighted by Gasteiger charge is 2.38. The number of rotatable bonds is 11. The zero-order valence-corrected chi connectivity index (χ0v) is 52.7. The Morgan fingerprint density at radius 1 is 0.223 bits per heavy atom. The number of anilines is 6. The number of benzene rings is 14. The van der Waals surface area contributed by atoms with Gasteiger partial charge in [-0.2, -0.15) is 0 Å². The fourth-order valence-electron chi connectivity index (χ4n) is 15.7. The molecule has 2 aliphatic rings. The van der Waals surface area contributed by atoms with Gasteiger partial charge < -0.3 is 18.6 Å². The van der Waals surface area contributed by atoms with E-state index in [-0.39, 0.29) is 10.8 Å². The van der Waals surface area contributed by atoms with Crippen LogP contribution in [0.3, 0.4) is 0 Å². The fourth-order valence-corrected chi connectivity index (χ4v) is 15.7. The number of hydrogen-bond donors (Lipinski definition) is 0. The van der Waals surface area contributed by atoms with Crippen LogP contribution in [-0.4, -0.2) is 0 Å². The van der Waals surface area contributed by atoms with Crippen LogP contribution in [0.1, 0.15) is 49.9 Å². The van der Waals surface area contributed by atoms with Gasteiger partial charge in [0.15, 0.2) is 0 Å². The van der Waals surface area contributed by atoms with Crippen molar-refractivity contribution in [3.63, 3.8) is 0 Å². The minimum absolute atomic E-state index is 0.173. The monoisotopic (exact) mass is 1200 g/mol. The van der Waals surface area contributed by atoms with Crippen LogP contribution < -0.4 is 9.80 Å². The number of furan rings is 2. The maximum Gasteiger partial charge on any atom is 0.136 e. The Kier molecular flexibility index (Phi) is 12.6. The van der Waals surface area contributed by atoms with Crippen LogP contribution in [0.5, 0.6) is 0 Å². The van der Waals surface area contributed by atoms with Crippen molar-refractivity contribution in [1.29, 1.82) is 0 Å². The molecule has 0 N–H and O–H groups in total. The number of hydrogen-bond acceptors (Lipinski definition) is 4. The second-order valence-electron chi connectivity index (χ2n) is 26.3. The van der Waals surface area contributed by atoms with E-state index in [9.17, 15) is 0 Å². The molecule has 4 nitrogen and oxygen atoms in total. The standard InChI is InChI=1S/C90H64N2O2/c1-89(2)77-27-15-11-23-69(77)71-49-47-67(55-79(71)89)91(63-39-31-59(32-40-63)57-19-7-5-8-20-57)65-43-35-61(36-44-65)85-73(51-53-83-87(85)75-25-13-17-29-81(75)93-83)74-52-54-84-88(76-26-14-18-30-82(76)94-84)86(74)62-37-45-66(46-38-62)92(64-41-33-60(34-42-64)58-21-9-6-10-22-58)68-48-50-72-70-24-12-16-28-78(70)90(3,4)80(72)56-68/h5-56H,1-4H3. The lowest BCUT2D eigenvalue weighted by molar-refractivity contribution is 0.660. The molecule has 0 fully saturated rings. The van der Waals surface area contributed by atoms with E-state index in [2.05, 4.69) is 353 Å². The summed E-state index contributed by atoms with van der Waals surface area (Å²) in [5, 5.41) is 4.28. The summed E-state index contributed by atoms with van der Waals surface area (Å²) in [6.07, 6.45) is 0. The van der Waals surface area contributed by atoms with Crippen molar-refractivity contribution in [2.24, 2.45) is 0 Å². The van der Waals surface area contributed by atoms with Gasteiger partial charge in [0.05, 0.1) is 0 Å². The summed E-state index contributed by atoms with van der Waals surface area (Å²) in [4.78, 5) is 4.83. The lowest BCUT2D eigenvalue weighted by atomic mass is 9.82. The van der Waals surface area contributed by atoms with Crippen molar-refractivity contribution in [2.45, 2.75) is 38.5 Å². The average Bonchev–Trinajstić information content (AvgIpc) is 1.53. The first-order valence-electron chi connectivity index (χ1n) is 32.6. The molecule has 0 saturated heterocycles. The van der Waals surface area contributed by atoms with Gasteiger partial charge in [-0.25, -0.2) is 0 Å². The summed E-state index contributed by atoms with van der Waals surface area (Å²) in [5.74, 6) is 0. The summed E-state index contributed by atoms with van der Waals surface area (Å²) in [5.41, 5.74) is 31.3. The molecule has 14 aromatic carbocycles. The molecule has 0 amide bonds. The Bertz CT molecular complexity index is 5290. The Labute approximate surface area is 547 Å². The van der Waals surface area contributed by atoms with E-state index in [1.54, 1.807) is 0 Å². The number of nitrogens with zero attached hydrogens (tertiary/aromatic N) is 2. The van der Waals surface area contributed by atoms with Gasteiger partial charge in [0.25, 0.3) is 0 Å². The van der Waals surface area contributed by atoms with Gasteiger partial charge in [0.2, 0.25) is 0 Å². The van der Waals surface area contributed by atoms with Gasteiger partial charge in [-0.05, 0) is 198 Å². The molecular formula is C90H64N2O2. The molecule has 0 spiro atoms. The molecule has 2 aromatic heterocycles. The zero-order valence-electron chi connectivity index (χ0n) is 52.7. The highest BCUT2D eigenvalue weighted by atomic mass is 16.3. The third kappa shape index (κ3) is 8.74. The first-order chi connectivity index (χ1) is 46.1. The topological polar surface area (TPSA) is 32.8 Å². The van der Waals surface area contributed by atoms with Crippen molar-refractivity contribution in [3.8, 4) is 77.9 Å². The molecule has 0 radical (unpaired) electrons. The second-order valence-corrected chi connectivity index (χ2v) is 26.3. The van der Waals surface area contributed by atoms with E-state index in [0.717, 1.165) is 111 Å². The van der Waals surface area contributed by atoms with Crippen LogP contribution in [0, 0.1) is 0 Å². The average molecular weight is 1210 g/mol. The van der Waals surface area contributed by atoms with E-state index in [1.165, 1.54) is 66.8 Å². The molecule has 0 bridgehead atoms. The molecule has 0 aliphatic heterocycles. The fraction of sp³-hybridized carbons (Fsp3) is 0.0667. The quantitative estimate of drug-likeness (QED) is 0.129. The molecule has 0 unspecified atom stereocenters. The molecule has 2 heterocycles. The van der Waals surface area contributed by atoms with Crippen LogP contribution in [-0.2, 0) is 10.8 Å². The molecule has 446 valence electrons. The predicted molar refractivity (Wildman–Crippen MR) is 393 cm³/mol. The van der Waals surface area contributed by atoms with E-state index >= 15 is 0 Å². The first kappa shape index (κ1) is 55.1.